The third-order valence-electron chi connectivity index (χ3n) is 5.81. The molecule has 2 unspecified atom stereocenters. The summed E-state index contributed by atoms with van der Waals surface area (Å²) in [6, 6.07) is 7.74. The number of benzene rings is 1. The lowest BCUT2D eigenvalue weighted by Gasteiger charge is -2.35. The molecule has 0 aliphatic carbocycles. The molecule has 1 amide bonds. The van der Waals surface area contributed by atoms with E-state index in [1.54, 1.807) is 12.4 Å². The van der Waals surface area contributed by atoms with Crippen LogP contribution in [-0.4, -0.2) is 38.2 Å². The van der Waals surface area contributed by atoms with Gasteiger partial charge in [0.15, 0.2) is 5.82 Å². The van der Waals surface area contributed by atoms with Crippen LogP contribution in [0.25, 0.3) is 5.65 Å². The maximum atomic E-state index is 12.8. The second-order valence-electron chi connectivity index (χ2n) is 9.06. The molecule has 1 saturated heterocycles. The maximum absolute atomic E-state index is 12.8. The van der Waals surface area contributed by atoms with E-state index in [9.17, 15) is 9.59 Å². The van der Waals surface area contributed by atoms with Crippen molar-refractivity contribution in [2.75, 3.05) is 23.3 Å². The minimum absolute atomic E-state index is 0.154. The second-order valence-corrected chi connectivity index (χ2v) is 9.06. The highest BCUT2D eigenvalue weighted by molar-refractivity contribution is 5.90. The molecule has 31 heavy (non-hydrogen) atoms. The SMILES string of the molecule is CC1CC(C)CN(c2nccn3c(=O)n(CC(=O)Nc4ccc(C(C)C)cc4)nc23)C1. The Labute approximate surface area is 181 Å². The normalized spacial score (nSPS) is 19.2. The van der Waals surface area contributed by atoms with Crippen molar-refractivity contribution < 1.29 is 4.79 Å². The van der Waals surface area contributed by atoms with E-state index >= 15 is 0 Å². The predicted octanol–water partition coefficient (Wildman–Crippen LogP) is 3.14. The Morgan fingerprint density at radius 3 is 2.48 bits per heavy atom. The van der Waals surface area contributed by atoms with Gasteiger partial charge in [0.05, 0.1) is 0 Å². The molecule has 1 aliphatic rings. The number of hydrogen-bond donors (Lipinski definition) is 1. The number of nitrogens with one attached hydrogen (secondary N) is 1. The van der Waals surface area contributed by atoms with Crippen LogP contribution in [0, 0.1) is 11.8 Å². The molecule has 0 spiro atoms. The third kappa shape index (κ3) is 4.47. The Kier molecular flexibility index (Phi) is 5.80. The number of hydrogen-bond acceptors (Lipinski definition) is 5. The Morgan fingerprint density at radius 2 is 1.84 bits per heavy atom. The molecule has 2 atom stereocenters. The van der Waals surface area contributed by atoms with Gasteiger partial charge < -0.3 is 10.2 Å². The molecular weight excluding hydrogens is 392 g/mol. The summed E-state index contributed by atoms with van der Waals surface area (Å²) < 4.78 is 2.67. The summed E-state index contributed by atoms with van der Waals surface area (Å²) in [5.41, 5.74) is 2.05. The Balaban J connectivity index is 1.55. The van der Waals surface area contributed by atoms with Crippen molar-refractivity contribution in [1.29, 1.82) is 0 Å². The van der Waals surface area contributed by atoms with Crippen molar-refractivity contribution in [3.8, 4) is 0 Å². The van der Waals surface area contributed by atoms with Crippen LogP contribution in [0.4, 0.5) is 11.5 Å². The van der Waals surface area contributed by atoms with Gasteiger partial charge in [-0.15, -0.1) is 5.10 Å². The molecular formula is C23H30N6O2. The average Bonchev–Trinajstić information content (AvgIpc) is 3.03. The Morgan fingerprint density at radius 1 is 1.16 bits per heavy atom. The maximum Gasteiger partial charge on any atom is 0.350 e. The van der Waals surface area contributed by atoms with E-state index in [0.29, 0.717) is 34.9 Å². The van der Waals surface area contributed by atoms with Crippen LogP contribution in [0.5, 0.6) is 0 Å². The van der Waals surface area contributed by atoms with E-state index in [1.165, 1.54) is 21.1 Å². The lowest BCUT2D eigenvalue weighted by molar-refractivity contribution is -0.117. The summed E-state index contributed by atoms with van der Waals surface area (Å²) in [4.78, 5) is 32.1. The van der Waals surface area contributed by atoms with Gasteiger partial charge in [0.1, 0.15) is 6.54 Å². The fourth-order valence-corrected chi connectivity index (χ4v) is 4.39. The van der Waals surface area contributed by atoms with Gasteiger partial charge in [-0.05, 0) is 41.9 Å². The van der Waals surface area contributed by atoms with E-state index in [2.05, 4.69) is 48.0 Å². The monoisotopic (exact) mass is 422 g/mol. The van der Waals surface area contributed by atoms with Crippen molar-refractivity contribution in [2.24, 2.45) is 11.8 Å². The number of amides is 1. The van der Waals surface area contributed by atoms with Crippen molar-refractivity contribution in [3.05, 3.63) is 52.7 Å². The van der Waals surface area contributed by atoms with Crippen molar-refractivity contribution >= 4 is 23.1 Å². The number of fused-ring (bicyclic) bond motifs is 1. The molecule has 1 aromatic carbocycles. The first-order chi connectivity index (χ1) is 14.8. The number of rotatable bonds is 5. The summed E-state index contributed by atoms with van der Waals surface area (Å²) in [7, 11) is 0. The van der Waals surface area contributed by atoms with Gasteiger partial charge in [0, 0.05) is 31.2 Å². The predicted molar refractivity (Wildman–Crippen MR) is 122 cm³/mol. The zero-order chi connectivity index (χ0) is 22.1. The summed E-state index contributed by atoms with van der Waals surface area (Å²) in [6.45, 7) is 10.3. The lowest BCUT2D eigenvalue weighted by atomic mass is 9.92. The summed E-state index contributed by atoms with van der Waals surface area (Å²) in [5, 5.41) is 7.30. The van der Waals surface area contributed by atoms with Crippen LogP contribution in [-0.2, 0) is 11.3 Å². The highest BCUT2D eigenvalue weighted by atomic mass is 16.2. The summed E-state index contributed by atoms with van der Waals surface area (Å²) >= 11 is 0. The number of piperidine rings is 1. The van der Waals surface area contributed by atoms with E-state index in [0.717, 1.165) is 13.1 Å². The Bertz CT molecular complexity index is 1120. The average molecular weight is 423 g/mol. The van der Waals surface area contributed by atoms with Crippen LogP contribution >= 0.6 is 0 Å². The highest BCUT2D eigenvalue weighted by Crippen LogP contribution is 2.26. The lowest BCUT2D eigenvalue weighted by Crippen LogP contribution is -2.39. The topological polar surface area (TPSA) is 84.5 Å². The third-order valence-corrected chi connectivity index (χ3v) is 5.81. The van der Waals surface area contributed by atoms with Crippen LogP contribution < -0.4 is 15.9 Å². The first kappa shape index (κ1) is 21.1. The van der Waals surface area contributed by atoms with Crippen LogP contribution in [0.3, 0.4) is 0 Å². The van der Waals surface area contributed by atoms with Crippen LogP contribution in [0.1, 0.15) is 45.6 Å². The molecule has 3 heterocycles. The number of anilines is 2. The van der Waals surface area contributed by atoms with E-state index in [4.69, 9.17) is 0 Å². The molecule has 0 radical (unpaired) electrons. The van der Waals surface area contributed by atoms with Crippen LogP contribution in [0.15, 0.2) is 41.5 Å². The van der Waals surface area contributed by atoms with Gasteiger partial charge in [-0.2, -0.15) is 0 Å². The number of carbonyl (C=O) groups is 1. The molecule has 8 nitrogen and oxygen atoms in total. The minimum atomic E-state index is -0.345. The number of carbonyl (C=O) groups excluding carboxylic acids is 1. The van der Waals surface area contributed by atoms with E-state index in [-0.39, 0.29) is 18.1 Å². The standard InChI is InChI=1S/C23H30N6O2/c1-15(2)18-5-7-19(8-6-18)25-20(30)14-29-23(31)28-10-9-24-21(22(28)26-29)27-12-16(3)11-17(4)13-27/h5-10,15-17H,11-14H2,1-4H3,(H,25,30). The molecule has 1 aliphatic heterocycles. The molecule has 4 rings (SSSR count). The van der Waals surface area contributed by atoms with E-state index in [1.807, 2.05) is 24.3 Å². The van der Waals surface area contributed by atoms with Crippen molar-refractivity contribution in [1.82, 2.24) is 19.2 Å². The molecule has 164 valence electrons. The fraction of sp³-hybridized carbons (Fsp3) is 0.478. The summed E-state index contributed by atoms with van der Waals surface area (Å²) in [6.07, 6.45) is 4.40. The summed E-state index contributed by atoms with van der Waals surface area (Å²) in [5.74, 6) is 1.92. The van der Waals surface area contributed by atoms with Gasteiger partial charge in [-0.1, -0.05) is 39.8 Å². The van der Waals surface area contributed by atoms with Crippen LogP contribution in [0.2, 0.25) is 0 Å². The number of nitrogens with zero attached hydrogens (tertiary/aromatic N) is 5. The molecule has 0 saturated carbocycles. The molecule has 8 heteroatoms. The number of aromatic nitrogens is 4. The zero-order valence-corrected chi connectivity index (χ0v) is 18.6. The van der Waals surface area contributed by atoms with Crippen molar-refractivity contribution in [2.45, 2.75) is 46.6 Å². The zero-order valence-electron chi connectivity index (χ0n) is 18.6. The van der Waals surface area contributed by atoms with Gasteiger partial charge in [-0.3, -0.25) is 4.79 Å². The first-order valence-electron chi connectivity index (χ1n) is 10.9. The van der Waals surface area contributed by atoms with Gasteiger partial charge >= 0.3 is 5.69 Å². The first-order valence-corrected chi connectivity index (χ1v) is 10.9. The van der Waals surface area contributed by atoms with E-state index < -0.39 is 0 Å². The smallest absolute Gasteiger partial charge is 0.350 e. The fourth-order valence-electron chi connectivity index (χ4n) is 4.39. The second kappa shape index (κ2) is 8.53. The van der Waals surface area contributed by atoms with Gasteiger partial charge in [0.25, 0.3) is 0 Å². The highest BCUT2D eigenvalue weighted by Gasteiger charge is 2.25. The largest absolute Gasteiger partial charge is 0.353 e. The molecule has 3 aromatic rings. The Hall–Kier alpha value is -3.16. The molecule has 1 N–H and O–H groups in total. The molecule has 2 aromatic heterocycles. The van der Waals surface area contributed by atoms with Gasteiger partial charge in [-0.25, -0.2) is 18.9 Å². The van der Waals surface area contributed by atoms with Crippen molar-refractivity contribution in [3.63, 3.8) is 0 Å². The quantitative estimate of drug-likeness (QED) is 0.683. The van der Waals surface area contributed by atoms with Gasteiger partial charge in [0.2, 0.25) is 11.6 Å². The minimum Gasteiger partial charge on any atom is -0.353 e. The molecule has 0 bridgehead atoms. The molecule has 1 fully saturated rings.